The molecule has 3 N–H and O–H groups in total. The van der Waals surface area contributed by atoms with E-state index >= 15 is 0 Å². The standard InChI is InChI=1S/C29H49N3O5/c1-9-10-11-12-13-16-19-32(27(35)24(20(2)3)31-28(36)37-29(6,7)8)25(26(34)30-21(4)5)22-17-14-15-18-23(22)33/h14-15,17-18,20-21,24-25,33H,9-13,16,19H2,1-8H3,(H,30,34)(H,31,36). The lowest BCUT2D eigenvalue weighted by molar-refractivity contribution is -0.143. The highest BCUT2D eigenvalue weighted by atomic mass is 16.6. The fourth-order valence-corrected chi connectivity index (χ4v) is 4.09. The van der Waals surface area contributed by atoms with Crippen molar-refractivity contribution in [2.75, 3.05) is 6.54 Å². The Morgan fingerprint density at radius 3 is 2.08 bits per heavy atom. The molecule has 8 heteroatoms. The molecule has 0 heterocycles. The van der Waals surface area contributed by atoms with E-state index in [-0.39, 0.29) is 29.5 Å². The smallest absolute Gasteiger partial charge is 0.408 e. The number of alkyl carbamates (subject to hydrolysis) is 1. The molecule has 0 saturated carbocycles. The number of hydrogen-bond donors (Lipinski definition) is 3. The van der Waals surface area contributed by atoms with Crippen molar-refractivity contribution in [1.29, 1.82) is 0 Å². The molecule has 0 aliphatic rings. The molecule has 0 radical (unpaired) electrons. The first-order valence-corrected chi connectivity index (χ1v) is 13.7. The molecule has 2 atom stereocenters. The minimum absolute atomic E-state index is 0.0617. The predicted octanol–water partition coefficient (Wildman–Crippen LogP) is 5.70. The van der Waals surface area contributed by atoms with Crippen LogP contribution in [-0.2, 0) is 14.3 Å². The van der Waals surface area contributed by atoms with Crippen LogP contribution >= 0.6 is 0 Å². The largest absolute Gasteiger partial charge is 0.508 e. The number of carbonyl (C=O) groups is 3. The third-order valence-corrected chi connectivity index (χ3v) is 5.86. The van der Waals surface area contributed by atoms with E-state index in [1.54, 1.807) is 39.0 Å². The van der Waals surface area contributed by atoms with Crippen molar-refractivity contribution in [2.24, 2.45) is 5.92 Å². The molecule has 0 bridgehead atoms. The number of hydrogen-bond acceptors (Lipinski definition) is 5. The van der Waals surface area contributed by atoms with E-state index in [4.69, 9.17) is 4.74 Å². The highest BCUT2D eigenvalue weighted by Gasteiger charge is 2.38. The summed E-state index contributed by atoms with van der Waals surface area (Å²) in [5, 5.41) is 16.3. The Labute approximate surface area is 223 Å². The number of ether oxygens (including phenoxy) is 1. The maximum atomic E-state index is 14.1. The van der Waals surface area contributed by atoms with E-state index in [0.29, 0.717) is 18.5 Å². The van der Waals surface area contributed by atoms with Crippen LogP contribution in [0.25, 0.3) is 0 Å². The molecule has 3 amide bonds. The number of carbonyl (C=O) groups excluding carboxylic acids is 3. The summed E-state index contributed by atoms with van der Waals surface area (Å²) in [4.78, 5) is 41.7. The Kier molecular flexibility index (Phi) is 13.5. The first-order chi connectivity index (χ1) is 17.3. The van der Waals surface area contributed by atoms with Gasteiger partial charge in [-0.3, -0.25) is 9.59 Å². The van der Waals surface area contributed by atoms with Gasteiger partial charge in [-0.25, -0.2) is 4.79 Å². The zero-order valence-electron chi connectivity index (χ0n) is 24.1. The van der Waals surface area contributed by atoms with Crippen LogP contribution in [0.15, 0.2) is 24.3 Å². The zero-order valence-corrected chi connectivity index (χ0v) is 24.1. The topological polar surface area (TPSA) is 108 Å². The number of unbranched alkanes of at least 4 members (excludes halogenated alkanes) is 5. The van der Waals surface area contributed by atoms with Crippen LogP contribution in [0.5, 0.6) is 5.75 Å². The summed E-state index contributed by atoms with van der Waals surface area (Å²) in [6.07, 6.45) is 5.39. The van der Waals surface area contributed by atoms with Gasteiger partial charge < -0.3 is 25.4 Å². The Bertz CT molecular complexity index is 863. The zero-order chi connectivity index (χ0) is 28.2. The van der Waals surface area contributed by atoms with Crippen molar-refractivity contribution < 1.29 is 24.2 Å². The van der Waals surface area contributed by atoms with E-state index in [0.717, 1.165) is 32.1 Å². The Balaban J connectivity index is 3.40. The Hall–Kier alpha value is -2.77. The summed E-state index contributed by atoms with van der Waals surface area (Å²) in [5.41, 5.74) is -0.373. The van der Waals surface area contributed by atoms with Gasteiger partial charge in [0, 0.05) is 18.2 Å². The lowest BCUT2D eigenvalue weighted by atomic mass is 9.97. The molecule has 0 aliphatic heterocycles. The number of aromatic hydroxyl groups is 1. The molecule has 8 nitrogen and oxygen atoms in total. The molecule has 0 fully saturated rings. The van der Waals surface area contributed by atoms with Crippen molar-refractivity contribution in [3.8, 4) is 5.75 Å². The second kappa shape index (κ2) is 15.5. The van der Waals surface area contributed by atoms with Crippen LogP contribution in [0, 0.1) is 5.92 Å². The number of rotatable bonds is 14. The van der Waals surface area contributed by atoms with Gasteiger partial charge in [0.05, 0.1) is 0 Å². The number of amides is 3. The number of benzene rings is 1. The molecule has 0 spiro atoms. The van der Waals surface area contributed by atoms with Crippen molar-refractivity contribution in [1.82, 2.24) is 15.5 Å². The van der Waals surface area contributed by atoms with E-state index < -0.39 is 23.8 Å². The summed E-state index contributed by atoms with van der Waals surface area (Å²) in [6, 6.07) is 4.47. The third-order valence-electron chi connectivity index (χ3n) is 5.86. The molecule has 1 aromatic carbocycles. The summed E-state index contributed by atoms with van der Waals surface area (Å²) in [5.74, 6) is -1.09. The van der Waals surface area contributed by atoms with E-state index in [9.17, 15) is 19.5 Å². The molecule has 1 rings (SSSR count). The highest BCUT2D eigenvalue weighted by molar-refractivity contribution is 5.92. The molecule has 0 aromatic heterocycles. The van der Waals surface area contributed by atoms with Crippen molar-refractivity contribution in [3.05, 3.63) is 29.8 Å². The van der Waals surface area contributed by atoms with Gasteiger partial charge in [0.25, 0.3) is 0 Å². The van der Waals surface area contributed by atoms with E-state index in [2.05, 4.69) is 17.6 Å². The average molecular weight is 520 g/mol. The number of nitrogens with one attached hydrogen (secondary N) is 2. The summed E-state index contributed by atoms with van der Waals surface area (Å²) < 4.78 is 5.41. The van der Waals surface area contributed by atoms with Crippen LogP contribution < -0.4 is 10.6 Å². The third kappa shape index (κ3) is 11.4. The van der Waals surface area contributed by atoms with Gasteiger partial charge in [-0.15, -0.1) is 0 Å². The molecular weight excluding hydrogens is 470 g/mol. The highest BCUT2D eigenvalue weighted by Crippen LogP contribution is 2.31. The molecule has 37 heavy (non-hydrogen) atoms. The predicted molar refractivity (Wildman–Crippen MR) is 147 cm³/mol. The van der Waals surface area contributed by atoms with Gasteiger partial charge >= 0.3 is 6.09 Å². The Morgan fingerprint density at radius 2 is 1.54 bits per heavy atom. The van der Waals surface area contributed by atoms with Gasteiger partial charge in [-0.1, -0.05) is 71.1 Å². The van der Waals surface area contributed by atoms with Crippen molar-refractivity contribution in [2.45, 2.75) is 118 Å². The fraction of sp³-hybridized carbons (Fsp3) is 0.690. The number of nitrogens with zero attached hydrogens (tertiary/aromatic N) is 1. The van der Waals surface area contributed by atoms with Crippen LogP contribution in [0.2, 0.25) is 0 Å². The SMILES string of the molecule is CCCCCCCCN(C(=O)C(NC(=O)OC(C)(C)C)C(C)C)C(C(=O)NC(C)C)c1ccccc1O. The minimum Gasteiger partial charge on any atom is -0.508 e. The summed E-state index contributed by atoms with van der Waals surface area (Å²) >= 11 is 0. The average Bonchev–Trinajstić information content (AvgIpc) is 2.77. The number of para-hydroxylation sites is 1. The molecule has 0 saturated heterocycles. The first kappa shape index (κ1) is 32.3. The van der Waals surface area contributed by atoms with Gasteiger partial charge in [0.1, 0.15) is 23.4 Å². The molecular formula is C29H49N3O5. The van der Waals surface area contributed by atoms with Gasteiger partial charge in [-0.2, -0.15) is 0 Å². The van der Waals surface area contributed by atoms with Crippen LogP contribution in [0.3, 0.4) is 0 Å². The number of phenols is 1. The summed E-state index contributed by atoms with van der Waals surface area (Å²) in [7, 11) is 0. The molecule has 1 aromatic rings. The van der Waals surface area contributed by atoms with Crippen molar-refractivity contribution >= 4 is 17.9 Å². The van der Waals surface area contributed by atoms with Crippen LogP contribution in [0.1, 0.15) is 106 Å². The lowest BCUT2D eigenvalue weighted by Gasteiger charge is -2.36. The Morgan fingerprint density at radius 1 is 0.946 bits per heavy atom. The number of phenolic OH excluding ortho intramolecular Hbond substituents is 1. The van der Waals surface area contributed by atoms with Gasteiger partial charge in [0.15, 0.2) is 0 Å². The van der Waals surface area contributed by atoms with Crippen LogP contribution in [0.4, 0.5) is 4.79 Å². The van der Waals surface area contributed by atoms with Gasteiger partial charge in [-0.05, 0) is 53.0 Å². The second-order valence-corrected chi connectivity index (χ2v) is 11.3. The second-order valence-electron chi connectivity index (χ2n) is 11.3. The quantitative estimate of drug-likeness (QED) is 0.273. The first-order valence-electron chi connectivity index (χ1n) is 13.7. The van der Waals surface area contributed by atoms with E-state index in [1.807, 2.05) is 27.7 Å². The van der Waals surface area contributed by atoms with Gasteiger partial charge in [0.2, 0.25) is 11.8 Å². The normalized spacial score (nSPS) is 13.2. The lowest BCUT2D eigenvalue weighted by Crippen LogP contribution is -2.55. The molecule has 2 unspecified atom stereocenters. The molecule has 0 aliphatic carbocycles. The monoisotopic (exact) mass is 519 g/mol. The van der Waals surface area contributed by atoms with E-state index in [1.165, 1.54) is 11.0 Å². The fourth-order valence-electron chi connectivity index (χ4n) is 4.09. The minimum atomic E-state index is -1.05. The van der Waals surface area contributed by atoms with Crippen molar-refractivity contribution in [3.63, 3.8) is 0 Å². The van der Waals surface area contributed by atoms with Crippen LogP contribution in [-0.4, -0.2) is 52.1 Å². The molecule has 210 valence electrons. The maximum Gasteiger partial charge on any atom is 0.408 e. The summed E-state index contributed by atoms with van der Waals surface area (Å²) in [6.45, 7) is 15.1. The maximum absolute atomic E-state index is 14.1.